The van der Waals surface area contributed by atoms with Gasteiger partial charge in [-0.1, -0.05) is 50.5 Å². The summed E-state index contributed by atoms with van der Waals surface area (Å²) in [6.45, 7) is 3.46. The molecule has 1 amide bonds. The SMILES string of the molecule is CCCCOc1cccc(C(O)C=C[C@H]2CCC(=O)N2CCCCCCC(=O)O)c1. The van der Waals surface area contributed by atoms with Crippen LogP contribution in [0, 0.1) is 0 Å². The van der Waals surface area contributed by atoms with Gasteiger partial charge in [0.2, 0.25) is 5.91 Å². The van der Waals surface area contributed by atoms with Crippen LogP contribution in [0.1, 0.15) is 76.4 Å². The fraction of sp³-hybridized carbons (Fsp3) is 0.583. The molecule has 1 unspecified atom stereocenters. The lowest BCUT2D eigenvalue weighted by Gasteiger charge is -2.22. The normalized spacial score (nSPS) is 17.6. The van der Waals surface area contributed by atoms with E-state index in [1.54, 1.807) is 6.08 Å². The van der Waals surface area contributed by atoms with Gasteiger partial charge in [0, 0.05) is 19.4 Å². The Kier molecular flexibility index (Phi) is 10.4. The maximum Gasteiger partial charge on any atom is 0.303 e. The molecule has 166 valence electrons. The van der Waals surface area contributed by atoms with Crippen LogP contribution in [0.5, 0.6) is 5.75 Å². The van der Waals surface area contributed by atoms with Crippen molar-refractivity contribution in [2.24, 2.45) is 0 Å². The predicted molar refractivity (Wildman–Crippen MR) is 116 cm³/mol. The van der Waals surface area contributed by atoms with E-state index in [1.165, 1.54) is 0 Å². The quantitative estimate of drug-likeness (QED) is 0.344. The third-order valence-corrected chi connectivity index (χ3v) is 5.40. The third kappa shape index (κ3) is 8.19. The van der Waals surface area contributed by atoms with Crippen molar-refractivity contribution in [3.8, 4) is 5.75 Å². The minimum Gasteiger partial charge on any atom is -0.494 e. The zero-order valence-corrected chi connectivity index (χ0v) is 18.0. The van der Waals surface area contributed by atoms with Crippen LogP contribution in [0.3, 0.4) is 0 Å². The Balaban J connectivity index is 1.83. The molecule has 1 heterocycles. The summed E-state index contributed by atoms with van der Waals surface area (Å²) in [5, 5.41) is 19.2. The Labute approximate surface area is 179 Å². The van der Waals surface area contributed by atoms with Crippen LogP contribution in [-0.4, -0.2) is 46.2 Å². The van der Waals surface area contributed by atoms with E-state index in [0.29, 0.717) is 26.0 Å². The van der Waals surface area contributed by atoms with Gasteiger partial charge in [0.1, 0.15) is 5.75 Å². The molecule has 1 aromatic rings. The minimum absolute atomic E-state index is 0.00940. The number of rotatable bonds is 14. The smallest absolute Gasteiger partial charge is 0.303 e. The highest BCUT2D eigenvalue weighted by molar-refractivity contribution is 5.79. The van der Waals surface area contributed by atoms with Gasteiger partial charge in [0.15, 0.2) is 0 Å². The molecule has 1 aliphatic heterocycles. The van der Waals surface area contributed by atoms with Gasteiger partial charge in [-0.05, 0) is 43.4 Å². The molecule has 1 aromatic carbocycles. The number of carboxylic acids is 1. The molecule has 2 N–H and O–H groups in total. The number of amides is 1. The number of unbranched alkanes of at least 4 members (excludes halogenated alkanes) is 4. The van der Waals surface area contributed by atoms with E-state index in [4.69, 9.17) is 9.84 Å². The maximum atomic E-state index is 12.2. The summed E-state index contributed by atoms with van der Waals surface area (Å²) in [7, 11) is 0. The molecule has 1 saturated heterocycles. The van der Waals surface area contributed by atoms with Crippen molar-refractivity contribution in [2.45, 2.75) is 76.9 Å². The Hall–Kier alpha value is -2.34. The molecule has 0 radical (unpaired) electrons. The largest absolute Gasteiger partial charge is 0.494 e. The highest BCUT2D eigenvalue weighted by atomic mass is 16.5. The molecule has 0 bridgehead atoms. The van der Waals surface area contributed by atoms with Crippen molar-refractivity contribution in [1.82, 2.24) is 4.90 Å². The third-order valence-electron chi connectivity index (χ3n) is 5.40. The number of carbonyl (C=O) groups is 2. The van der Waals surface area contributed by atoms with Crippen molar-refractivity contribution in [3.05, 3.63) is 42.0 Å². The first-order valence-electron chi connectivity index (χ1n) is 11.1. The van der Waals surface area contributed by atoms with Crippen LogP contribution in [-0.2, 0) is 9.59 Å². The Morgan fingerprint density at radius 1 is 1.27 bits per heavy atom. The number of carbonyl (C=O) groups excluding carboxylic acids is 1. The number of carboxylic acid groups (broad SMARTS) is 1. The van der Waals surface area contributed by atoms with Crippen LogP contribution in [0.15, 0.2) is 36.4 Å². The Morgan fingerprint density at radius 2 is 2.07 bits per heavy atom. The van der Waals surface area contributed by atoms with Crippen molar-refractivity contribution < 1.29 is 24.5 Å². The summed E-state index contributed by atoms with van der Waals surface area (Å²) in [5.74, 6) is 0.150. The van der Waals surface area contributed by atoms with Gasteiger partial charge < -0.3 is 19.8 Å². The van der Waals surface area contributed by atoms with Crippen molar-refractivity contribution in [1.29, 1.82) is 0 Å². The number of nitrogens with zero attached hydrogens (tertiary/aromatic N) is 1. The fourth-order valence-electron chi connectivity index (χ4n) is 3.63. The average molecular weight is 418 g/mol. The second kappa shape index (κ2) is 13.1. The zero-order valence-electron chi connectivity index (χ0n) is 18.0. The van der Waals surface area contributed by atoms with Crippen LogP contribution in [0.2, 0.25) is 0 Å². The van der Waals surface area contributed by atoms with Gasteiger partial charge in [-0.15, -0.1) is 0 Å². The second-order valence-corrected chi connectivity index (χ2v) is 7.86. The highest BCUT2D eigenvalue weighted by Gasteiger charge is 2.28. The van der Waals surface area contributed by atoms with Gasteiger partial charge in [-0.3, -0.25) is 9.59 Å². The van der Waals surface area contributed by atoms with Gasteiger partial charge in [0.05, 0.1) is 18.8 Å². The number of ether oxygens (including phenoxy) is 1. The number of hydrogen-bond donors (Lipinski definition) is 2. The summed E-state index contributed by atoms with van der Waals surface area (Å²) < 4.78 is 5.71. The van der Waals surface area contributed by atoms with Gasteiger partial charge in [-0.25, -0.2) is 0 Å². The number of hydrogen-bond acceptors (Lipinski definition) is 4. The van der Waals surface area contributed by atoms with Crippen molar-refractivity contribution in [3.63, 3.8) is 0 Å². The van der Waals surface area contributed by atoms with Gasteiger partial charge >= 0.3 is 5.97 Å². The molecule has 30 heavy (non-hydrogen) atoms. The Morgan fingerprint density at radius 3 is 2.83 bits per heavy atom. The molecule has 1 aliphatic rings. The monoisotopic (exact) mass is 417 g/mol. The van der Waals surface area contributed by atoms with E-state index in [9.17, 15) is 14.7 Å². The summed E-state index contributed by atoms with van der Waals surface area (Å²) in [6.07, 6.45) is 9.86. The fourth-order valence-corrected chi connectivity index (χ4v) is 3.63. The molecular weight excluding hydrogens is 382 g/mol. The lowest BCUT2D eigenvalue weighted by molar-refractivity contribution is -0.137. The van der Waals surface area contributed by atoms with E-state index in [1.807, 2.05) is 35.2 Å². The standard InChI is InChI=1S/C24H35NO5/c1-2-3-17-30-21-10-8-9-19(18-21)22(26)14-12-20-13-15-23(27)25(20)16-7-5-4-6-11-24(28)29/h8-10,12,14,18,20,22,26H,2-7,11,13,15-17H2,1H3,(H,28,29)/t20-,22?/m0/s1. The first-order chi connectivity index (χ1) is 14.5. The number of likely N-dealkylation sites (tertiary alicyclic amines) is 1. The van der Waals surface area contributed by atoms with Gasteiger partial charge in [-0.2, -0.15) is 0 Å². The summed E-state index contributed by atoms with van der Waals surface area (Å²) >= 11 is 0. The highest BCUT2D eigenvalue weighted by Crippen LogP contribution is 2.24. The van der Waals surface area contributed by atoms with E-state index >= 15 is 0 Å². The van der Waals surface area contributed by atoms with Crippen LogP contribution in [0.25, 0.3) is 0 Å². The molecule has 0 aliphatic carbocycles. The lowest BCUT2D eigenvalue weighted by Crippen LogP contribution is -2.32. The zero-order chi connectivity index (χ0) is 21.8. The number of benzene rings is 1. The molecule has 6 heteroatoms. The minimum atomic E-state index is -0.758. The summed E-state index contributed by atoms with van der Waals surface area (Å²) in [6, 6.07) is 7.51. The number of aliphatic carboxylic acids is 1. The molecule has 0 saturated carbocycles. The number of aliphatic hydroxyl groups excluding tert-OH is 1. The Bertz CT molecular complexity index is 703. The molecule has 2 rings (SSSR count). The summed E-state index contributed by atoms with van der Waals surface area (Å²) in [4.78, 5) is 24.6. The van der Waals surface area contributed by atoms with Gasteiger partial charge in [0.25, 0.3) is 0 Å². The van der Waals surface area contributed by atoms with E-state index in [2.05, 4.69) is 6.92 Å². The molecule has 1 fully saturated rings. The van der Waals surface area contributed by atoms with Crippen LogP contribution < -0.4 is 4.74 Å². The van der Waals surface area contributed by atoms with E-state index in [-0.39, 0.29) is 18.4 Å². The first-order valence-corrected chi connectivity index (χ1v) is 11.1. The van der Waals surface area contributed by atoms with E-state index < -0.39 is 12.1 Å². The average Bonchev–Trinajstić information content (AvgIpc) is 3.08. The van der Waals surface area contributed by atoms with E-state index in [0.717, 1.165) is 49.8 Å². The van der Waals surface area contributed by atoms with Crippen molar-refractivity contribution in [2.75, 3.05) is 13.2 Å². The molecular formula is C24H35NO5. The lowest BCUT2D eigenvalue weighted by atomic mass is 10.1. The van der Waals surface area contributed by atoms with Crippen LogP contribution in [0.4, 0.5) is 0 Å². The maximum absolute atomic E-state index is 12.2. The second-order valence-electron chi connectivity index (χ2n) is 7.86. The molecule has 6 nitrogen and oxygen atoms in total. The molecule has 0 spiro atoms. The molecule has 0 aromatic heterocycles. The predicted octanol–water partition coefficient (Wildman–Crippen LogP) is 4.48. The topological polar surface area (TPSA) is 87.1 Å². The first kappa shape index (κ1) is 23.9. The number of aliphatic hydroxyl groups is 1. The summed E-state index contributed by atoms with van der Waals surface area (Å²) in [5.41, 5.74) is 0.773. The van der Waals surface area contributed by atoms with Crippen molar-refractivity contribution >= 4 is 11.9 Å². The van der Waals surface area contributed by atoms with Crippen LogP contribution >= 0.6 is 0 Å². The molecule has 2 atom stereocenters.